The van der Waals surface area contributed by atoms with Gasteiger partial charge in [-0.25, -0.2) is 4.79 Å². The second-order valence-corrected chi connectivity index (χ2v) is 8.58. The number of thiocarbonyl (C=S) groups is 1. The Labute approximate surface area is 180 Å². The fourth-order valence-electron chi connectivity index (χ4n) is 3.15. The second-order valence-electron chi connectivity index (χ2n) is 6.62. The average molecular weight is 438 g/mol. The number of benzene rings is 1. The minimum atomic E-state index is -0.340. The molecule has 1 aromatic carbocycles. The van der Waals surface area contributed by atoms with Gasteiger partial charge < -0.3 is 15.0 Å². The molecule has 1 N–H and O–H groups in total. The number of anilines is 1. The van der Waals surface area contributed by atoms with Gasteiger partial charge in [0.05, 0.1) is 12.7 Å². The van der Waals surface area contributed by atoms with E-state index in [2.05, 4.69) is 28.1 Å². The monoisotopic (exact) mass is 437 g/mol. The summed E-state index contributed by atoms with van der Waals surface area (Å²) < 4.78 is 4.90. The van der Waals surface area contributed by atoms with Gasteiger partial charge in [0.15, 0.2) is 5.11 Å². The Bertz CT molecular complexity index is 848. The number of nitrogens with one attached hydrogen (secondary N) is 1. The number of thiophene rings is 1. The van der Waals surface area contributed by atoms with Crippen molar-refractivity contribution in [2.45, 2.75) is 19.9 Å². The van der Waals surface area contributed by atoms with Crippen LogP contribution >= 0.6 is 35.2 Å². The molecule has 0 radical (unpaired) electrons. The van der Waals surface area contributed by atoms with Crippen molar-refractivity contribution in [1.82, 2.24) is 9.80 Å². The fraction of sp³-hybridized carbons (Fsp3) is 0.400. The van der Waals surface area contributed by atoms with Crippen molar-refractivity contribution < 1.29 is 9.53 Å². The molecule has 28 heavy (non-hydrogen) atoms. The highest BCUT2D eigenvalue weighted by Crippen LogP contribution is 2.29. The molecule has 0 amide bonds. The SMILES string of the molecule is CCc1cc(C(=O)OC)c(NC(=S)N2CCN(Cc3cccc(Cl)c3)CC2)s1. The molecule has 5 nitrogen and oxygen atoms in total. The van der Waals surface area contributed by atoms with Gasteiger partial charge in [0.2, 0.25) is 0 Å². The number of hydrogen-bond acceptors (Lipinski definition) is 5. The van der Waals surface area contributed by atoms with Crippen LogP contribution in [0.1, 0.15) is 27.7 Å². The van der Waals surface area contributed by atoms with E-state index in [4.69, 9.17) is 28.6 Å². The molecule has 0 bridgehead atoms. The summed E-state index contributed by atoms with van der Waals surface area (Å²) in [7, 11) is 1.40. The summed E-state index contributed by atoms with van der Waals surface area (Å²) in [4.78, 5) is 17.7. The number of piperazine rings is 1. The number of nitrogens with zero attached hydrogens (tertiary/aromatic N) is 2. The molecule has 0 spiro atoms. The molecule has 1 aliphatic heterocycles. The zero-order valence-corrected chi connectivity index (χ0v) is 18.4. The van der Waals surface area contributed by atoms with E-state index in [0.29, 0.717) is 10.7 Å². The number of carbonyl (C=O) groups is 1. The van der Waals surface area contributed by atoms with Gasteiger partial charge in [-0.1, -0.05) is 30.7 Å². The Morgan fingerprint density at radius 3 is 2.68 bits per heavy atom. The summed E-state index contributed by atoms with van der Waals surface area (Å²) in [6.07, 6.45) is 0.866. The van der Waals surface area contributed by atoms with E-state index in [1.165, 1.54) is 12.7 Å². The predicted octanol–water partition coefficient (Wildman–Crippen LogP) is 4.27. The van der Waals surface area contributed by atoms with Crippen LogP contribution in [0.3, 0.4) is 0 Å². The van der Waals surface area contributed by atoms with Crippen molar-refractivity contribution >= 4 is 51.2 Å². The maximum Gasteiger partial charge on any atom is 0.340 e. The summed E-state index contributed by atoms with van der Waals surface area (Å²) in [5.41, 5.74) is 1.77. The smallest absolute Gasteiger partial charge is 0.340 e. The van der Waals surface area contributed by atoms with Crippen LogP contribution in [0, 0.1) is 0 Å². The van der Waals surface area contributed by atoms with Crippen LogP contribution in [0.15, 0.2) is 30.3 Å². The van der Waals surface area contributed by atoms with Crippen molar-refractivity contribution in [2.24, 2.45) is 0 Å². The molecule has 1 fully saturated rings. The van der Waals surface area contributed by atoms with E-state index in [1.807, 2.05) is 24.3 Å². The van der Waals surface area contributed by atoms with Gasteiger partial charge >= 0.3 is 5.97 Å². The second kappa shape index (κ2) is 9.69. The summed E-state index contributed by atoms with van der Waals surface area (Å²) in [5, 5.41) is 5.44. The lowest BCUT2D eigenvalue weighted by Crippen LogP contribution is -2.49. The first-order valence-corrected chi connectivity index (χ1v) is 10.8. The topological polar surface area (TPSA) is 44.8 Å². The molecule has 1 aromatic heterocycles. The minimum Gasteiger partial charge on any atom is -0.465 e. The largest absolute Gasteiger partial charge is 0.465 e. The summed E-state index contributed by atoms with van der Waals surface area (Å²) >= 11 is 13.2. The molecule has 1 saturated heterocycles. The van der Waals surface area contributed by atoms with Crippen LogP contribution in [0.2, 0.25) is 5.02 Å². The Hall–Kier alpha value is -1.67. The molecular formula is C20H24ClN3O2S2. The molecule has 0 unspecified atom stereocenters. The van der Waals surface area contributed by atoms with E-state index in [0.717, 1.165) is 54.0 Å². The Balaban J connectivity index is 1.57. The number of aryl methyl sites for hydroxylation is 1. The minimum absolute atomic E-state index is 0.340. The normalized spacial score (nSPS) is 14.8. The highest BCUT2D eigenvalue weighted by atomic mass is 35.5. The molecule has 0 atom stereocenters. The molecule has 0 aliphatic carbocycles. The quantitative estimate of drug-likeness (QED) is 0.556. The lowest BCUT2D eigenvalue weighted by atomic mass is 10.2. The third-order valence-electron chi connectivity index (χ3n) is 4.71. The van der Waals surface area contributed by atoms with Crippen LogP contribution in [-0.2, 0) is 17.7 Å². The van der Waals surface area contributed by atoms with Gasteiger partial charge in [-0.05, 0) is 42.4 Å². The highest BCUT2D eigenvalue weighted by Gasteiger charge is 2.22. The third kappa shape index (κ3) is 5.23. The maximum atomic E-state index is 12.0. The van der Waals surface area contributed by atoms with Crippen molar-refractivity contribution in [3.63, 3.8) is 0 Å². The first-order chi connectivity index (χ1) is 13.5. The summed E-state index contributed by atoms with van der Waals surface area (Å²) in [6.45, 7) is 6.46. The van der Waals surface area contributed by atoms with Crippen molar-refractivity contribution in [3.8, 4) is 0 Å². The van der Waals surface area contributed by atoms with Gasteiger partial charge in [-0.3, -0.25) is 4.90 Å². The van der Waals surface area contributed by atoms with Crippen molar-refractivity contribution in [2.75, 3.05) is 38.6 Å². The number of methoxy groups -OCH3 is 1. The zero-order chi connectivity index (χ0) is 20.1. The molecule has 2 aromatic rings. The molecule has 8 heteroatoms. The number of esters is 1. The average Bonchev–Trinajstić information content (AvgIpc) is 3.11. The Morgan fingerprint density at radius 2 is 2.04 bits per heavy atom. The molecule has 1 aliphatic rings. The molecule has 2 heterocycles. The lowest BCUT2D eigenvalue weighted by Gasteiger charge is -2.36. The lowest BCUT2D eigenvalue weighted by molar-refractivity contribution is 0.0602. The van der Waals surface area contributed by atoms with E-state index in [9.17, 15) is 4.79 Å². The van der Waals surface area contributed by atoms with Gasteiger partial charge in [0.25, 0.3) is 0 Å². The van der Waals surface area contributed by atoms with Gasteiger partial charge in [-0.2, -0.15) is 0 Å². The van der Waals surface area contributed by atoms with Crippen molar-refractivity contribution in [1.29, 1.82) is 0 Å². The van der Waals surface area contributed by atoms with Gasteiger partial charge in [0, 0.05) is 42.6 Å². The number of carbonyl (C=O) groups excluding carboxylic acids is 1. The first-order valence-electron chi connectivity index (χ1n) is 9.24. The van der Waals surface area contributed by atoms with Gasteiger partial charge in [0.1, 0.15) is 5.00 Å². The Morgan fingerprint density at radius 1 is 1.29 bits per heavy atom. The summed E-state index contributed by atoms with van der Waals surface area (Å²) in [5.74, 6) is -0.340. The standard InChI is InChI=1S/C20H24ClN3O2S2/c1-3-16-12-17(19(25)26-2)18(28-16)22-20(27)24-9-7-23(8-10-24)13-14-5-4-6-15(21)11-14/h4-6,11-12H,3,7-10,13H2,1-2H3,(H,22,27). The number of rotatable bonds is 5. The van der Waals surface area contributed by atoms with Crippen LogP contribution in [0.4, 0.5) is 5.00 Å². The molecule has 150 valence electrons. The van der Waals surface area contributed by atoms with E-state index in [1.54, 1.807) is 11.3 Å². The van der Waals surface area contributed by atoms with E-state index < -0.39 is 0 Å². The van der Waals surface area contributed by atoms with Gasteiger partial charge in [-0.15, -0.1) is 11.3 Å². The highest BCUT2D eigenvalue weighted by molar-refractivity contribution is 7.80. The fourth-order valence-corrected chi connectivity index (χ4v) is 4.69. The van der Waals surface area contributed by atoms with Crippen LogP contribution < -0.4 is 5.32 Å². The van der Waals surface area contributed by atoms with Crippen LogP contribution in [0.25, 0.3) is 0 Å². The van der Waals surface area contributed by atoms with Crippen molar-refractivity contribution in [3.05, 3.63) is 51.4 Å². The molecular weight excluding hydrogens is 414 g/mol. The Kier molecular flexibility index (Phi) is 7.29. The molecule has 3 rings (SSSR count). The summed E-state index contributed by atoms with van der Waals surface area (Å²) in [6, 6.07) is 9.86. The molecule has 0 saturated carbocycles. The number of ether oxygens (including phenoxy) is 1. The van der Waals surface area contributed by atoms with Crippen LogP contribution in [0.5, 0.6) is 0 Å². The first kappa shape index (κ1) is 21.0. The zero-order valence-electron chi connectivity index (χ0n) is 16.0. The number of hydrogen-bond donors (Lipinski definition) is 1. The number of halogens is 1. The predicted molar refractivity (Wildman–Crippen MR) is 120 cm³/mol. The third-order valence-corrected chi connectivity index (χ3v) is 6.50. The van der Waals surface area contributed by atoms with E-state index >= 15 is 0 Å². The van der Waals surface area contributed by atoms with E-state index in [-0.39, 0.29) is 5.97 Å². The van der Waals surface area contributed by atoms with Crippen LogP contribution in [-0.4, -0.2) is 54.2 Å². The maximum absolute atomic E-state index is 12.0.